The fourth-order valence-electron chi connectivity index (χ4n) is 2.08. The number of rotatable bonds is 2. The molecule has 1 aliphatic heterocycles. The van der Waals surface area contributed by atoms with Crippen molar-refractivity contribution in [2.24, 2.45) is 0 Å². The summed E-state index contributed by atoms with van der Waals surface area (Å²) in [5, 5.41) is 9.08. The fraction of sp³-hybridized carbons (Fsp3) is 0.500. The number of amides is 1. The van der Waals surface area contributed by atoms with Crippen molar-refractivity contribution >= 4 is 35.0 Å². The zero-order valence-electron chi connectivity index (χ0n) is 19.3. The van der Waals surface area contributed by atoms with Crippen LogP contribution >= 0.6 is 11.6 Å². The van der Waals surface area contributed by atoms with Crippen molar-refractivity contribution in [2.45, 2.75) is 32.5 Å². The second-order valence-corrected chi connectivity index (χ2v) is 6.55. The molecular formula is C16H21ClN2O5. The van der Waals surface area contributed by atoms with E-state index in [1.54, 1.807) is 20.8 Å². The van der Waals surface area contributed by atoms with E-state index in [0.717, 1.165) is 17.0 Å². The van der Waals surface area contributed by atoms with E-state index in [1.807, 2.05) is 0 Å². The lowest BCUT2D eigenvalue weighted by atomic mass is 10.1. The Bertz CT molecular complexity index is 838. The highest BCUT2D eigenvalue weighted by molar-refractivity contribution is 6.33. The number of anilines is 2. The summed E-state index contributed by atoms with van der Waals surface area (Å²) in [4.78, 5) is 25.3. The van der Waals surface area contributed by atoms with Crippen LogP contribution in [-0.2, 0) is 9.53 Å². The maximum absolute atomic E-state index is 12.6. The number of fused-ring (bicyclic) bond motifs is 1. The quantitative estimate of drug-likeness (QED) is 0.871. The van der Waals surface area contributed by atoms with Crippen LogP contribution in [0.3, 0.4) is 0 Å². The predicted octanol–water partition coefficient (Wildman–Crippen LogP) is 2.99. The first-order valence-corrected chi connectivity index (χ1v) is 7.33. The molecule has 132 valence electrons. The van der Waals surface area contributed by atoms with Crippen molar-refractivity contribution in [3.63, 3.8) is 0 Å². The van der Waals surface area contributed by atoms with Gasteiger partial charge in [0.05, 0.1) is 22.9 Å². The molecule has 8 heteroatoms. The standard InChI is InChI=1S/C16H21ClN2O5/c1-16(2,3)24-15(22)19-8-13(14(20)21)23-12-7-10(18(4)5)9(17)6-11(12)19/h6-7,13H,8H2,1-5H3,(H,20,21)/i4D3,5D3. The summed E-state index contributed by atoms with van der Waals surface area (Å²) >= 11 is 6.18. The highest BCUT2D eigenvalue weighted by Gasteiger charge is 2.36. The van der Waals surface area contributed by atoms with Crippen LogP contribution in [0, 0.1) is 0 Å². The number of carboxylic acid groups (broad SMARTS) is 1. The first-order valence-electron chi connectivity index (χ1n) is 9.95. The molecule has 1 aromatic carbocycles. The van der Waals surface area contributed by atoms with Crippen molar-refractivity contribution in [3.8, 4) is 5.75 Å². The third kappa shape index (κ3) is 3.84. The zero-order chi connectivity index (χ0) is 23.2. The number of ether oxygens (including phenoxy) is 2. The summed E-state index contributed by atoms with van der Waals surface area (Å²) in [5.41, 5.74) is -1.28. The molecule has 0 radical (unpaired) electrons. The molecule has 24 heavy (non-hydrogen) atoms. The predicted molar refractivity (Wildman–Crippen MR) is 91.4 cm³/mol. The molecule has 1 heterocycles. The molecule has 1 unspecified atom stereocenters. The Balaban J connectivity index is 2.63. The van der Waals surface area contributed by atoms with Gasteiger partial charge in [-0.05, 0) is 26.8 Å². The SMILES string of the molecule is [2H]C([2H])([2H])N(c1cc2c(cc1Cl)N(C(=O)OC(C)(C)C)CC(C(=O)O)O2)C([2H])([2H])[2H]. The molecule has 1 N–H and O–H groups in total. The average molecular weight is 363 g/mol. The van der Waals surface area contributed by atoms with Crippen LogP contribution in [0.25, 0.3) is 0 Å². The monoisotopic (exact) mass is 362 g/mol. The van der Waals surface area contributed by atoms with Crippen LogP contribution in [0.1, 0.15) is 29.0 Å². The molecule has 1 atom stereocenters. The van der Waals surface area contributed by atoms with E-state index in [9.17, 15) is 14.7 Å². The smallest absolute Gasteiger partial charge is 0.415 e. The number of benzene rings is 1. The molecule has 0 spiro atoms. The third-order valence-electron chi connectivity index (χ3n) is 3.07. The van der Waals surface area contributed by atoms with Gasteiger partial charge in [-0.1, -0.05) is 11.6 Å². The summed E-state index contributed by atoms with van der Waals surface area (Å²) in [6.07, 6.45) is -2.36. The van der Waals surface area contributed by atoms with Gasteiger partial charge >= 0.3 is 12.1 Å². The molecule has 7 nitrogen and oxygen atoms in total. The Hall–Kier alpha value is -2.15. The van der Waals surface area contributed by atoms with Crippen molar-refractivity contribution in [1.29, 1.82) is 0 Å². The highest BCUT2D eigenvalue weighted by atomic mass is 35.5. The van der Waals surface area contributed by atoms with Gasteiger partial charge in [0.25, 0.3) is 0 Å². The number of nitrogens with zero attached hydrogens (tertiary/aromatic N) is 2. The number of aliphatic carboxylic acids is 1. The minimum Gasteiger partial charge on any atom is -0.478 e. The summed E-state index contributed by atoms with van der Waals surface area (Å²) in [7, 11) is 0. The minimum absolute atomic E-state index is 0.0199. The van der Waals surface area contributed by atoms with Crippen LogP contribution in [0.5, 0.6) is 5.75 Å². The lowest BCUT2D eigenvalue weighted by Crippen LogP contribution is -2.48. The van der Waals surface area contributed by atoms with E-state index in [-0.39, 0.29) is 21.4 Å². The average Bonchev–Trinajstić information content (AvgIpc) is 2.50. The Kier molecular flexibility index (Phi) is 3.04. The van der Waals surface area contributed by atoms with Gasteiger partial charge in [-0.3, -0.25) is 4.90 Å². The second-order valence-electron chi connectivity index (χ2n) is 6.14. The Morgan fingerprint density at radius 3 is 2.67 bits per heavy atom. The van der Waals surface area contributed by atoms with Gasteiger partial charge in [0.15, 0.2) is 0 Å². The van der Waals surface area contributed by atoms with Crippen molar-refractivity contribution in [2.75, 3.05) is 30.3 Å². The highest BCUT2D eigenvalue weighted by Crippen LogP contribution is 2.41. The molecule has 1 aliphatic rings. The summed E-state index contributed by atoms with van der Waals surface area (Å²) in [6.45, 7) is -1.69. The van der Waals surface area contributed by atoms with Gasteiger partial charge < -0.3 is 19.5 Å². The first kappa shape index (κ1) is 11.4. The number of hydrogen-bond acceptors (Lipinski definition) is 5. The van der Waals surface area contributed by atoms with Crippen LogP contribution in [0.2, 0.25) is 5.02 Å². The number of carbonyl (C=O) groups is 2. The Morgan fingerprint density at radius 1 is 1.46 bits per heavy atom. The lowest BCUT2D eigenvalue weighted by Gasteiger charge is -2.35. The van der Waals surface area contributed by atoms with Crippen LogP contribution in [0.15, 0.2) is 12.1 Å². The number of carbonyl (C=O) groups excluding carboxylic acids is 1. The van der Waals surface area contributed by atoms with Gasteiger partial charge in [0.2, 0.25) is 6.10 Å². The van der Waals surface area contributed by atoms with Crippen LogP contribution in [-0.4, -0.2) is 49.4 Å². The summed E-state index contributed by atoms with van der Waals surface area (Å²) in [5.74, 6) is -1.60. The third-order valence-corrected chi connectivity index (χ3v) is 3.37. The Labute approximate surface area is 154 Å². The molecule has 1 aromatic rings. The molecule has 2 rings (SSSR count). The van der Waals surface area contributed by atoms with Crippen LogP contribution in [0.4, 0.5) is 16.2 Å². The Morgan fingerprint density at radius 2 is 2.12 bits per heavy atom. The van der Waals surface area contributed by atoms with E-state index >= 15 is 0 Å². The topological polar surface area (TPSA) is 79.3 Å². The summed E-state index contributed by atoms with van der Waals surface area (Å²) in [6, 6.07) is 2.13. The first-order chi connectivity index (χ1) is 13.4. The van der Waals surface area contributed by atoms with Gasteiger partial charge in [-0.15, -0.1) is 0 Å². The van der Waals surface area contributed by atoms with E-state index in [2.05, 4.69) is 0 Å². The molecule has 0 aromatic heterocycles. The van der Waals surface area contributed by atoms with Gasteiger partial charge in [0, 0.05) is 28.2 Å². The molecule has 0 saturated carbocycles. The number of halogens is 1. The lowest BCUT2D eigenvalue weighted by molar-refractivity contribution is -0.144. The molecule has 1 amide bonds. The zero-order valence-corrected chi connectivity index (χ0v) is 14.0. The number of carboxylic acids is 1. The fourth-order valence-corrected chi connectivity index (χ4v) is 2.32. The van der Waals surface area contributed by atoms with E-state index < -0.39 is 50.0 Å². The van der Waals surface area contributed by atoms with Gasteiger partial charge in [-0.25, -0.2) is 9.59 Å². The molecule has 0 fully saturated rings. The van der Waals surface area contributed by atoms with E-state index in [1.165, 1.54) is 0 Å². The van der Waals surface area contributed by atoms with Crippen molar-refractivity contribution < 1.29 is 32.4 Å². The molecule has 0 saturated heterocycles. The van der Waals surface area contributed by atoms with Gasteiger partial charge in [-0.2, -0.15) is 0 Å². The van der Waals surface area contributed by atoms with E-state index in [0.29, 0.717) is 0 Å². The molecule has 0 aliphatic carbocycles. The maximum atomic E-state index is 12.6. The van der Waals surface area contributed by atoms with Gasteiger partial charge in [0.1, 0.15) is 11.4 Å². The normalized spacial score (nSPS) is 21.7. The van der Waals surface area contributed by atoms with Crippen molar-refractivity contribution in [1.82, 2.24) is 0 Å². The largest absolute Gasteiger partial charge is 0.478 e. The summed E-state index contributed by atoms with van der Waals surface area (Å²) < 4.78 is 56.0. The number of hydrogen-bond donors (Lipinski definition) is 1. The van der Waals surface area contributed by atoms with E-state index in [4.69, 9.17) is 29.3 Å². The van der Waals surface area contributed by atoms with Crippen molar-refractivity contribution in [3.05, 3.63) is 17.2 Å². The minimum atomic E-state index is -3.09. The molecular weight excluding hydrogens is 336 g/mol. The maximum Gasteiger partial charge on any atom is 0.415 e. The molecule has 0 bridgehead atoms. The van der Waals surface area contributed by atoms with Crippen LogP contribution < -0.4 is 14.5 Å². The second kappa shape index (κ2) is 6.39.